The molecule has 0 aromatic rings. The van der Waals surface area contributed by atoms with Crippen LogP contribution in [0.5, 0.6) is 0 Å². The lowest BCUT2D eigenvalue weighted by atomic mass is 10.4. The van der Waals surface area contributed by atoms with Crippen molar-refractivity contribution in [2.45, 2.75) is 12.3 Å². The van der Waals surface area contributed by atoms with Crippen molar-refractivity contribution < 1.29 is 23.7 Å². The van der Waals surface area contributed by atoms with Gasteiger partial charge in [0.05, 0.1) is 6.54 Å². The third kappa shape index (κ3) is 1.91. The lowest BCUT2D eigenvalue weighted by Crippen LogP contribution is -2.56. The van der Waals surface area contributed by atoms with Crippen molar-refractivity contribution in [3.8, 4) is 0 Å². The van der Waals surface area contributed by atoms with Crippen LogP contribution in [-0.2, 0) is 18.9 Å². The van der Waals surface area contributed by atoms with Crippen LogP contribution in [0.1, 0.15) is 0 Å². The molecule has 0 aromatic heterocycles. The molecular weight excluding hydrogens is 204 g/mol. The summed E-state index contributed by atoms with van der Waals surface area (Å²) in [5, 5.41) is 2.59. The molecule has 1 N–H and O–H groups in total. The normalized spacial score (nSPS) is 19.8. The fourth-order valence-corrected chi connectivity index (χ4v) is 1.50. The van der Waals surface area contributed by atoms with Gasteiger partial charge >= 0.3 is 6.03 Å². The summed E-state index contributed by atoms with van der Waals surface area (Å²) in [6, 6.07) is -0.368. The molecule has 0 radical (unpaired) electrons. The second kappa shape index (κ2) is 4.75. The van der Waals surface area contributed by atoms with Crippen molar-refractivity contribution in [2.75, 3.05) is 35.0 Å². The summed E-state index contributed by atoms with van der Waals surface area (Å²) in [6.07, 6.45) is -0.854. The molecule has 88 valence electrons. The predicted molar refractivity (Wildman–Crippen MR) is 49.8 cm³/mol. The van der Waals surface area contributed by atoms with Gasteiger partial charge in [-0.2, -0.15) is 0 Å². The zero-order valence-electron chi connectivity index (χ0n) is 9.27. The first-order chi connectivity index (χ1) is 7.15. The standard InChI is InChI=1S/C8H16N2O5/c1-12-7(13-2)10-6(11)9-5-8(10,14-3)15-4/h7H,5H2,1-4H3,(H,9,11). The minimum absolute atomic E-state index is 0.210. The quantitative estimate of drug-likeness (QED) is 0.635. The van der Waals surface area contributed by atoms with Crippen LogP contribution < -0.4 is 5.32 Å². The molecule has 1 rings (SSSR count). The molecule has 15 heavy (non-hydrogen) atoms. The van der Waals surface area contributed by atoms with Crippen LogP contribution in [0, 0.1) is 0 Å². The highest BCUT2D eigenvalue weighted by molar-refractivity contribution is 5.77. The van der Waals surface area contributed by atoms with Crippen LogP contribution in [0.15, 0.2) is 0 Å². The molecule has 1 saturated heterocycles. The Balaban J connectivity index is 2.93. The van der Waals surface area contributed by atoms with Gasteiger partial charge in [-0.25, -0.2) is 9.69 Å². The molecular formula is C8H16N2O5. The smallest absolute Gasteiger partial charge is 0.325 e. The Labute approximate surface area is 88.2 Å². The van der Waals surface area contributed by atoms with Crippen LogP contribution in [0.3, 0.4) is 0 Å². The van der Waals surface area contributed by atoms with E-state index in [2.05, 4.69) is 5.32 Å². The summed E-state index contributed by atoms with van der Waals surface area (Å²) in [6.45, 7) is 0.210. The second-order valence-electron chi connectivity index (χ2n) is 2.93. The van der Waals surface area contributed by atoms with Gasteiger partial charge in [0.15, 0.2) is 0 Å². The summed E-state index contributed by atoms with van der Waals surface area (Å²) in [7, 11) is 5.74. The number of rotatable bonds is 5. The topological polar surface area (TPSA) is 69.3 Å². The van der Waals surface area contributed by atoms with Gasteiger partial charge in [0, 0.05) is 28.4 Å². The van der Waals surface area contributed by atoms with Gasteiger partial charge in [-0.3, -0.25) is 0 Å². The number of methoxy groups -OCH3 is 4. The summed E-state index contributed by atoms with van der Waals surface area (Å²) < 4.78 is 20.3. The maximum absolute atomic E-state index is 11.6. The molecule has 1 aliphatic heterocycles. The van der Waals surface area contributed by atoms with E-state index in [4.69, 9.17) is 18.9 Å². The number of nitrogens with zero attached hydrogens (tertiary/aromatic N) is 1. The molecule has 0 saturated carbocycles. The number of carbonyl (C=O) groups excluding carboxylic acids is 1. The Morgan fingerprint density at radius 2 is 1.80 bits per heavy atom. The molecule has 0 atom stereocenters. The fourth-order valence-electron chi connectivity index (χ4n) is 1.50. The number of ether oxygens (including phenoxy) is 4. The number of hydrogen-bond donors (Lipinski definition) is 1. The molecule has 7 heteroatoms. The van der Waals surface area contributed by atoms with Gasteiger partial charge in [0.2, 0.25) is 6.41 Å². The Kier molecular flexibility index (Phi) is 3.86. The maximum atomic E-state index is 11.6. The number of nitrogens with one attached hydrogen (secondary N) is 1. The second-order valence-corrected chi connectivity index (χ2v) is 2.93. The van der Waals surface area contributed by atoms with E-state index in [0.29, 0.717) is 0 Å². The average Bonchev–Trinajstić information content (AvgIpc) is 2.60. The number of amides is 2. The molecule has 0 unspecified atom stereocenters. The van der Waals surface area contributed by atoms with E-state index in [9.17, 15) is 4.79 Å². The Morgan fingerprint density at radius 3 is 2.20 bits per heavy atom. The van der Waals surface area contributed by atoms with Gasteiger partial charge in [-0.15, -0.1) is 0 Å². The zero-order valence-corrected chi connectivity index (χ0v) is 9.27. The van der Waals surface area contributed by atoms with Crippen molar-refractivity contribution in [2.24, 2.45) is 0 Å². The van der Waals surface area contributed by atoms with E-state index in [1.165, 1.54) is 33.3 Å². The molecule has 1 aliphatic rings. The third-order valence-corrected chi connectivity index (χ3v) is 2.30. The number of carbonyl (C=O) groups is 1. The van der Waals surface area contributed by atoms with Gasteiger partial charge in [0.1, 0.15) is 0 Å². The highest BCUT2D eigenvalue weighted by Gasteiger charge is 2.51. The Hall–Kier alpha value is -0.890. The first-order valence-corrected chi connectivity index (χ1v) is 4.38. The lowest BCUT2D eigenvalue weighted by Gasteiger charge is -2.36. The van der Waals surface area contributed by atoms with Crippen LogP contribution >= 0.6 is 0 Å². The zero-order chi connectivity index (χ0) is 11.5. The van der Waals surface area contributed by atoms with E-state index in [0.717, 1.165) is 0 Å². The Bertz CT molecular complexity index is 227. The highest BCUT2D eigenvalue weighted by atomic mass is 16.7. The van der Waals surface area contributed by atoms with Gasteiger partial charge < -0.3 is 24.3 Å². The van der Waals surface area contributed by atoms with E-state index in [1.54, 1.807) is 0 Å². The number of hydrogen-bond acceptors (Lipinski definition) is 5. The van der Waals surface area contributed by atoms with E-state index < -0.39 is 12.3 Å². The van der Waals surface area contributed by atoms with Crippen LogP contribution in [-0.4, -0.2) is 58.2 Å². The van der Waals surface area contributed by atoms with Crippen LogP contribution in [0.25, 0.3) is 0 Å². The van der Waals surface area contributed by atoms with Crippen molar-refractivity contribution in [1.82, 2.24) is 10.2 Å². The Morgan fingerprint density at radius 1 is 1.27 bits per heavy atom. The lowest BCUT2D eigenvalue weighted by molar-refractivity contribution is -0.326. The third-order valence-electron chi connectivity index (χ3n) is 2.30. The first kappa shape index (κ1) is 12.2. The molecule has 2 amide bonds. The van der Waals surface area contributed by atoms with Crippen molar-refractivity contribution in [1.29, 1.82) is 0 Å². The molecule has 0 bridgehead atoms. The van der Waals surface area contributed by atoms with E-state index >= 15 is 0 Å². The van der Waals surface area contributed by atoms with E-state index in [1.807, 2.05) is 0 Å². The van der Waals surface area contributed by atoms with Crippen LogP contribution in [0.4, 0.5) is 4.79 Å². The van der Waals surface area contributed by atoms with Crippen LogP contribution in [0.2, 0.25) is 0 Å². The minimum atomic E-state index is -1.19. The maximum Gasteiger partial charge on any atom is 0.325 e. The SMILES string of the molecule is COC(OC)N1C(=O)NCC1(OC)OC. The molecule has 0 aliphatic carbocycles. The largest absolute Gasteiger partial charge is 0.338 e. The van der Waals surface area contributed by atoms with E-state index in [-0.39, 0.29) is 12.6 Å². The summed E-state index contributed by atoms with van der Waals surface area (Å²) in [5.74, 6) is -1.19. The monoisotopic (exact) mass is 220 g/mol. The number of urea groups is 1. The average molecular weight is 220 g/mol. The molecule has 7 nitrogen and oxygen atoms in total. The highest BCUT2D eigenvalue weighted by Crippen LogP contribution is 2.25. The van der Waals surface area contributed by atoms with Gasteiger partial charge in [-0.1, -0.05) is 0 Å². The fraction of sp³-hybridized carbons (Fsp3) is 0.875. The molecule has 0 aromatic carbocycles. The predicted octanol–water partition coefficient (Wildman–Crippen LogP) is -0.465. The summed E-state index contributed by atoms with van der Waals surface area (Å²) in [4.78, 5) is 12.8. The molecule has 1 fully saturated rings. The van der Waals surface area contributed by atoms with Gasteiger partial charge in [-0.05, 0) is 0 Å². The summed E-state index contributed by atoms with van der Waals surface area (Å²) >= 11 is 0. The first-order valence-electron chi connectivity index (χ1n) is 4.38. The van der Waals surface area contributed by atoms with Gasteiger partial charge in [0.25, 0.3) is 5.91 Å². The minimum Gasteiger partial charge on any atom is -0.338 e. The molecule has 1 heterocycles. The van der Waals surface area contributed by atoms with Crippen molar-refractivity contribution in [3.63, 3.8) is 0 Å². The van der Waals surface area contributed by atoms with Crippen molar-refractivity contribution in [3.05, 3.63) is 0 Å². The van der Waals surface area contributed by atoms with Crippen molar-refractivity contribution >= 4 is 6.03 Å². The summed E-state index contributed by atoms with van der Waals surface area (Å²) in [5.41, 5.74) is 0. The molecule has 0 spiro atoms.